The summed E-state index contributed by atoms with van der Waals surface area (Å²) in [6.07, 6.45) is 0. The van der Waals surface area contributed by atoms with E-state index in [0.29, 0.717) is 0 Å². The zero-order valence-corrected chi connectivity index (χ0v) is 10.4. The largest absolute Gasteiger partial charge is 0.318 e. The fourth-order valence-electron chi connectivity index (χ4n) is 1.69. The van der Waals surface area contributed by atoms with E-state index in [-0.39, 0.29) is 0 Å². The first-order valence-electron chi connectivity index (χ1n) is 4.59. The second kappa shape index (κ2) is 3.77. The van der Waals surface area contributed by atoms with Gasteiger partial charge in [0.25, 0.3) is 0 Å². The van der Waals surface area contributed by atoms with Crippen molar-refractivity contribution >= 4 is 22.6 Å². The van der Waals surface area contributed by atoms with Crippen LogP contribution in [0, 0.1) is 17.4 Å². The lowest BCUT2D eigenvalue weighted by atomic mass is 10.3. The highest BCUT2D eigenvalue weighted by Crippen LogP contribution is 2.17. The molecule has 2 aromatic rings. The van der Waals surface area contributed by atoms with Crippen LogP contribution in [0.5, 0.6) is 0 Å². The number of benzene rings is 1. The Hall–Kier alpha value is -0.770. The van der Waals surface area contributed by atoms with Gasteiger partial charge in [-0.25, -0.2) is 0 Å². The Kier molecular flexibility index (Phi) is 2.63. The molecule has 72 valence electrons. The van der Waals surface area contributed by atoms with Crippen molar-refractivity contribution in [1.82, 2.24) is 4.57 Å². The third-order valence-electron chi connectivity index (χ3n) is 2.34. The molecule has 0 N–H and O–H groups in total. The van der Waals surface area contributed by atoms with Crippen molar-refractivity contribution < 1.29 is 0 Å². The van der Waals surface area contributed by atoms with E-state index in [0.717, 1.165) is 0 Å². The summed E-state index contributed by atoms with van der Waals surface area (Å²) in [6.45, 7) is 4.26. The minimum atomic E-state index is 1.25. The molecule has 1 aromatic heterocycles. The van der Waals surface area contributed by atoms with Crippen molar-refractivity contribution in [3.63, 3.8) is 0 Å². The zero-order valence-electron chi connectivity index (χ0n) is 8.29. The summed E-state index contributed by atoms with van der Waals surface area (Å²) in [5.74, 6) is 0. The van der Waals surface area contributed by atoms with Gasteiger partial charge in [0.15, 0.2) is 0 Å². The summed E-state index contributed by atoms with van der Waals surface area (Å²) in [7, 11) is 0. The number of nitrogens with zero attached hydrogens (tertiary/aromatic N) is 1. The number of rotatable bonds is 1. The van der Waals surface area contributed by atoms with Gasteiger partial charge in [-0.05, 0) is 66.8 Å². The molecule has 1 heterocycles. The third-order valence-corrected chi connectivity index (χ3v) is 3.01. The van der Waals surface area contributed by atoms with Crippen LogP contribution in [0.2, 0.25) is 0 Å². The molecule has 0 amide bonds. The number of hydrogen-bond acceptors (Lipinski definition) is 0. The molecule has 14 heavy (non-hydrogen) atoms. The topological polar surface area (TPSA) is 4.93 Å². The smallest absolute Gasteiger partial charge is 0.0465 e. The van der Waals surface area contributed by atoms with Crippen molar-refractivity contribution in [2.45, 2.75) is 13.8 Å². The SMILES string of the molecule is Cc1ccc(C)n1-c1cccc(I)c1. The molecule has 1 nitrogen and oxygen atoms in total. The molecular weight excluding hydrogens is 285 g/mol. The minimum absolute atomic E-state index is 1.25. The van der Waals surface area contributed by atoms with Gasteiger partial charge in [0, 0.05) is 20.6 Å². The average molecular weight is 297 g/mol. The number of aromatic nitrogens is 1. The van der Waals surface area contributed by atoms with E-state index in [1.807, 2.05) is 0 Å². The molecule has 0 unspecified atom stereocenters. The summed E-state index contributed by atoms with van der Waals surface area (Å²) in [6, 6.07) is 12.8. The Labute approximate surface area is 97.9 Å². The van der Waals surface area contributed by atoms with Crippen LogP contribution in [-0.2, 0) is 0 Å². The third kappa shape index (κ3) is 1.71. The molecule has 2 rings (SSSR count). The summed E-state index contributed by atoms with van der Waals surface area (Å²) < 4.78 is 3.54. The van der Waals surface area contributed by atoms with Crippen LogP contribution in [0.15, 0.2) is 36.4 Å². The lowest BCUT2D eigenvalue weighted by Gasteiger charge is -2.09. The molecule has 0 fully saturated rings. The van der Waals surface area contributed by atoms with E-state index in [9.17, 15) is 0 Å². The van der Waals surface area contributed by atoms with Crippen molar-refractivity contribution in [2.75, 3.05) is 0 Å². The molecule has 0 aliphatic heterocycles. The van der Waals surface area contributed by atoms with Crippen molar-refractivity contribution in [2.24, 2.45) is 0 Å². The monoisotopic (exact) mass is 297 g/mol. The van der Waals surface area contributed by atoms with Gasteiger partial charge < -0.3 is 4.57 Å². The van der Waals surface area contributed by atoms with Crippen LogP contribution in [0.3, 0.4) is 0 Å². The van der Waals surface area contributed by atoms with Gasteiger partial charge in [-0.3, -0.25) is 0 Å². The van der Waals surface area contributed by atoms with Gasteiger partial charge >= 0.3 is 0 Å². The molecule has 0 aliphatic rings. The van der Waals surface area contributed by atoms with E-state index in [4.69, 9.17) is 0 Å². The van der Waals surface area contributed by atoms with Gasteiger partial charge in [0.05, 0.1) is 0 Å². The maximum Gasteiger partial charge on any atom is 0.0465 e. The van der Waals surface area contributed by atoms with E-state index in [1.54, 1.807) is 0 Å². The van der Waals surface area contributed by atoms with E-state index < -0.39 is 0 Å². The van der Waals surface area contributed by atoms with E-state index >= 15 is 0 Å². The van der Waals surface area contributed by atoms with E-state index in [2.05, 4.69) is 77.4 Å². The molecule has 0 saturated heterocycles. The quantitative estimate of drug-likeness (QED) is 0.707. The molecule has 0 spiro atoms. The maximum absolute atomic E-state index is 2.34. The first-order chi connectivity index (χ1) is 6.68. The molecule has 2 heteroatoms. The van der Waals surface area contributed by atoms with Crippen LogP contribution in [0.1, 0.15) is 11.4 Å². The predicted octanol–water partition coefficient (Wildman–Crippen LogP) is 3.70. The molecule has 1 aromatic carbocycles. The fourth-order valence-corrected chi connectivity index (χ4v) is 2.22. The Morgan fingerprint density at radius 3 is 2.21 bits per heavy atom. The highest BCUT2D eigenvalue weighted by Gasteiger charge is 2.02. The van der Waals surface area contributed by atoms with Crippen molar-refractivity contribution in [3.8, 4) is 5.69 Å². The van der Waals surface area contributed by atoms with Crippen molar-refractivity contribution in [3.05, 3.63) is 51.4 Å². The van der Waals surface area contributed by atoms with Crippen LogP contribution in [0.25, 0.3) is 5.69 Å². The van der Waals surface area contributed by atoms with Crippen LogP contribution >= 0.6 is 22.6 Å². The number of halogens is 1. The summed E-state index contributed by atoms with van der Waals surface area (Å²) in [5.41, 5.74) is 3.81. The van der Waals surface area contributed by atoms with Gasteiger partial charge in [0.2, 0.25) is 0 Å². The zero-order chi connectivity index (χ0) is 10.1. The number of hydrogen-bond donors (Lipinski definition) is 0. The molecule has 0 aliphatic carbocycles. The average Bonchev–Trinajstić information content (AvgIpc) is 2.46. The Morgan fingerprint density at radius 2 is 1.64 bits per heavy atom. The number of aryl methyl sites for hydroxylation is 2. The first kappa shape index (κ1) is 9.77. The second-order valence-corrected chi connectivity index (χ2v) is 4.68. The van der Waals surface area contributed by atoms with Gasteiger partial charge in [0.1, 0.15) is 0 Å². The summed E-state index contributed by atoms with van der Waals surface area (Å²) in [4.78, 5) is 0. The fraction of sp³-hybridized carbons (Fsp3) is 0.167. The minimum Gasteiger partial charge on any atom is -0.318 e. The Balaban J connectivity index is 2.59. The second-order valence-electron chi connectivity index (χ2n) is 3.43. The normalized spacial score (nSPS) is 10.5. The predicted molar refractivity (Wildman–Crippen MR) is 68.0 cm³/mol. The molecule has 0 bridgehead atoms. The van der Waals surface area contributed by atoms with Gasteiger partial charge in [-0.1, -0.05) is 6.07 Å². The first-order valence-corrected chi connectivity index (χ1v) is 5.67. The highest BCUT2D eigenvalue weighted by atomic mass is 127. The summed E-state index contributed by atoms with van der Waals surface area (Å²) >= 11 is 2.34. The van der Waals surface area contributed by atoms with Gasteiger partial charge in [-0.2, -0.15) is 0 Å². The van der Waals surface area contributed by atoms with Gasteiger partial charge in [-0.15, -0.1) is 0 Å². The Morgan fingerprint density at radius 1 is 1.00 bits per heavy atom. The molecule has 0 atom stereocenters. The lowest BCUT2D eigenvalue weighted by Crippen LogP contribution is -1.98. The van der Waals surface area contributed by atoms with Crippen LogP contribution in [0.4, 0.5) is 0 Å². The molecule has 0 saturated carbocycles. The van der Waals surface area contributed by atoms with E-state index in [1.165, 1.54) is 20.6 Å². The van der Waals surface area contributed by atoms with Crippen LogP contribution in [-0.4, -0.2) is 4.57 Å². The highest BCUT2D eigenvalue weighted by molar-refractivity contribution is 14.1. The molecule has 0 radical (unpaired) electrons. The maximum atomic E-state index is 2.34. The molecular formula is C12H12IN. The standard InChI is InChI=1S/C12H12IN/c1-9-6-7-10(2)14(9)12-5-3-4-11(13)8-12/h3-8H,1-2H3. The lowest BCUT2D eigenvalue weighted by molar-refractivity contribution is 0.965. The summed E-state index contributed by atoms with van der Waals surface area (Å²) in [5, 5.41) is 0. The Bertz CT molecular complexity index is 438. The van der Waals surface area contributed by atoms with Crippen molar-refractivity contribution in [1.29, 1.82) is 0 Å². The van der Waals surface area contributed by atoms with Crippen LogP contribution < -0.4 is 0 Å².